The van der Waals surface area contributed by atoms with Crippen LogP contribution in [0, 0.1) is 5.82 Å². The van der Waals surface area contributed by atoms with Crippen molar-refractivity contribution in [2.45, 2.75) is 57.8 Å². The zero-order chi connectivity index (χ0) is 23.8. The Kier molecular flexibility index (Phi) is 6.26. The van der Waals surface area contributed by atoms with Crippen LogP contribution in [-0.2, 0) is 20.7 Å². The third-order valence-corrected chi connectivity index (χ3v) is 5.79. The zero-order valence-corrected chi connectivity index (χ0v) is 19.3. The van der Waals surface area contributed by atoms with E-state index in [1.807, 2.05) is 45.0 Å². The number of nitrogens with one attached hydrogen (secondary N) is 2. The molecule has 1 aliphatic carbocycles. The standard InChI is InChI=1S/C26H29FN2O4/c1-15(25(31)33-26(2,3)4)32-14-20-19-8-6-5-7-16(19)12-22(20)29-24(30)23-13-17-11-18(27)9-10-21(17)28-23/h5-11,13,15,20,22,28H,12,14H2,1-4H3,(H,29,30)/t15?,20-,22-/m1/s1. The Morgan fingerprint density at radius 2 is 1.94 bits per heavy atom. The summed E-state index contributed by atoms with van der Waals surface area (Å²) in [5, 5.41) is 3.74. The molecule has 0 bridgehead atoms. The average Bonchev–Trinajstić information content (AvgIpc) is 3.31. The van der Waals surface area contributed by atoms with Crippen LogP contribution in [0.4, 0.5) is 4.39 Å². The number of hydrogen-bond donors (Lipinski definition) is 2. The second kappa shape index (κ2) is 8.98. The molecule has 2 N–H and O–H groups in total. The number of fused-ring (bicyclic) bond motifs is 2. The Morgan fingerprint density at radius 1 is 1.18 bits per heavy atom. The Bertz CT molecular complexity index is 1180. The highest BCUT2D eigenvalue weighted by Crippen LogP contribution is 2.34. The van der Waals surface area contributed by atoms with Gasteiger partial charge in [0.1, 0.15) is 17.1 Å². The molecule has 0 aliphatic heterocycles. The second-order valence-corrected chi connectivity index (χ2v) is 9.51. The summed E-state index contributed by atoms with van der Waals surface area (Å²) in [4.78, 5) is 28.4. The van der Waals surface area contributed by atoms with Gasteiger partial charge in [-0.3, -0.25) is 4.79 Å². The maximum absolute atomic E-state index is 13.5. The van der Waals surface area contributed by atoms with E-state index in [2.05, 4.69) is 10.3 Å². The zero-order valence-electron chi connectivity index (χ0n) is 19.3. The lowest BCUT2D eigenvalue weighted by atomic mass is 9.99. The van der Waals surface area contributed by atoms with E-state index in [4.69, 9.17) is 9.47 Å². The minimum absolute atomic E-state index is 0.114. The first-order valence-corrected chi connectivity index (χ1v) is 11.1. The number of ether oxygens (including phenoxy) is 2. The fraction of sp³-hybridized carbons (Fsp3) is 0.385. The van der Waals surface area contributed by atoms with Gasteiger partial charge in [0.2, 0.25) is 0 Å². The molecule has 7 heteroatoms. The molecule has 33 heavy (non-hydrogen) atoms. The SMILES string of the molecule is CC(OC[C@@H]1c2ccccc2C[C@H]1NC(=O)c1cc2cc(F)ccc2[nH]1)C(=O)OC(C)(C)C. The Hall–Kier alpha value is -3.19. The molecule has 6 nitrogen and oxygen atoms in total. The smallest absolute Gasteiger partial charge is 0.335 e. The summed E-state index contributed by atoms with van der Waals surface area (Å²) in [6.45, 7) is 7.38. The van der Waals surface area contributed by atoms with Crippen molar-refractivity contribution in [1.29, 1.82) is 0 Å². The summed E-state index contributed by atoms with van der Waals surface area (Å²) >= 11 is 0. The largest absolute Gasteiger partial charge is 0.458 e. The molecule has 1 aliphatic rings. The van der Waals surface area contributed by atoms with Crippen molar-refractivity contribution in [2.24, 2.45) is 0 Å². The molecule has 2 aromatic carbocycles. The molecule has 3 aromatic rings. The first-order valence-electron chi connectivity index (χ1n) is 11.1. The number of aromatic amines is 1. The molecule has 0 radical (unpaired) electrons. The van der Waals surface area contributed by atoms with E-state index in [0.717, 1.165) is 11.1 Å². The molecule has 0 spiro atoms. The molecule has 174 valence electrons. The van der Waals surface area contributed by atoms with Gasteiger partial charge in [-0.05, 0) is 69.5 Å². The number of halogens is 1. The molecule has 0 saturated carbocycles. The number of benzene rings is 2. The molecule has 1 aromatic heterocycles. The van der Waals surface area contributed by atoms with Gasteiger partial charge in [0.05, 0.1) is 6.61 Å². The van der Waals surface area contributed by atoms with Crippen molar-refractivity contribution in [1.82, 2.24) is 10.3 Å². The van der Waals surface area contributed by atoms with E-state index in [-0.39, 0.29) is 30.3 Å². The van der Waals surface area contributed by atoms with Gasteiger partial charge in [-0.25, -0.2) is 9.18 Å². The number of H-pyrrole nitrogens is 1. The van der Waals surface area contributed by atoms with Crippen molar-refractivity contribution in [2.75, 3.05) is 6.61 Å². The number of hydrogen-bond acceptors (Lipinski definition) is 4. The van der Waals surface area contributed by atoms with Crippen molar-refractivity contribution < 1.29 is 23.5 Å². The van der Waals surface area contributed by atoms with Gasteiger partial charge < -0.3 is 19.8 Å². The summed E-state index contributed by atoms with van der Waals surface area (Å²) in [7, 11) is 0. The normalized spacial score (nSPS) is 18.7. The highest BCUT2D eigenvalue weighted by molar-refractivity contribution is 5.98. The third-order valence-electron chi connectivity index (χ3n) is 5.79. The van der Waals surface area contributed by atoms with E-state index < -0.39 is 17.7 Å². The average molecular weight is 453 g/mol. The maximum atomic E-state index is 13.5. The van der Waals surface area contributed by atoms with Gasteiger partial charge in [-0.2, -0.15) is 0 Å². The molecular weight excluding hydrogens is 423 g/mol. The van der Waals surface area contributed by atoms with Crippen LogP contribution < -0.4 is 5.32 Å². The van der Waals surface area contributed by atoms with Gasteiger partial charge in [-0.15, -0.1) is 0 Å². The number of carbonyl (C=O) groups excluding carboxylic acids is 2. The van der Waals surface area contributed by atoms with E-state index in [1.54, 1.807) is 19.1 Å². The summed E-state index contributed by atoms with van der Waals surface area (Å²) < 4.78 is 24.8. The van der Waals surface area contributed by atoms with Crippen LogP contribution in [0.2, 0.25) is 0 Å². The number of amides is 1. The summed E-state index contributed by atoms with van der Waals surface area (Å²) in [5.41, 5.74) is 2.71. The first-order chi connectivity index (χ1) is 15.6. The van der Waals surface area contributed by atoms with Crippen LogP contribution in [-0.4, -0.2) is 41.2 Å². The van der Waals surface area contributed by atoms with Crippen LogP contribution in [0.25, 0.3) is 10.9 Å². The summed E-state index contributed by atoms with van der Waals surface area (Å²) in [6, 6.07) is 13.8. The van der Waals surface area contributed by atoms with E-state index in [9.17, 15) is 14.0 Å². The van der Waals surface area contributed by atoms with Gasteiger partial charge in [0.15, 0.2) is 6.10 Å². The van der Waals surface area contributed by atoms with Crippen LogP contribution in [0.5, 0.6) is 0 Å². The molecule has 1 unspecified atom stereocenters. The van der Waals surface area contributed by atoms with Crippen LogP contribution in [0.15, 0.2) is 48.5 Å². The minimum atomic E-state index is -0.725. The maximum Gasteiger partial charge on any atom is 0.335 e. The van der Waals surface area contributed by atoms with Gasteiger partial charge in [0.25, 0.3) is 5.91 Å². The highest BCUT2D eigenvalue weighted by Gasteiger charge is 2.35. The Morgan fingerprint density at radius 3 is 2.70 bits per heavy atom. The summed E-state index contributed by atoms with van der Waals surface area (Å²) in [6.07, 6.45) is -0.0667. The Labute approximate surface area is 192 Å². The van der Waals surface area contributed by atoms with Crippen molar-refractivity contribution >= 4 is 22.8 Å². The third kappa shape index (κ3) is 5.25. The first kappa shape index (κ1) is 23.0. The quantitative estimate of drug-likeness (QED) is 0.540. The van der Waals surface area contributed by atoms with Crippen LogP contribution in [0.3, 0.4) is 0 Å². The van der Waals surface area contributed by atoms with E-state index >= 15 is 0 Å². The molecule has 0 saturated heterocycles. The molecular formula is C26H29FN2O4. The fourth-order valence-corrected chi connectivity index (χ4v) is 4.21. The lowest BCUT2D eigenvalue weighted by molar-refractivity contribution is -0.167. The number of carbonyl (C=O) groups is 2. The molecule has 4 rings (SSSR count). The lowest BCUT2D eigenvalue weighted by Crippen LogP contribution is -2.40. The van der Waals surface area contributed by atoms with Gasteiger partial charge in [0, 0.05) is 22.9 Å². The van der Waals surface area contributed by atoms with Crippen molar-refractivity contribution in [3.8, 4) is 0 Å². The number of esters is 1. The molecule has 1 heterocycles. The van der Waals surface area contributed by atoms with E-state index in [0.29, 0.717) is 23.0 Å². The lowest BCUT2D eigenvalue weighted by Gasteiger charge is -2.25. The topological polar surface area (TPSA) is 80.4 Å². The van der Waals surface area contributed by atoms with Crippen molar-refractivity contribution in [3.63, 3.8) is 0 Å². The van der Waals surface area contributed by atoms with Crippen LogP contribution in [0.1, 0.15) is 55.2 Å². The van der Waals surface area contributed by atoms with Gasteiger partial charge in [-0.1, -0.05) is 24.3 Å². The monoisotopic (exact) mass is 452 g/mol. The highest BCUT2D eigenvalue weighted by atomic mass is 19.1. The van der Waals surface area contributed by atoms with Crippen molar-refractivity contribution in [3.05, 3.63) is 71.2 Å². The molecule has 3 atom stereocenters. The number of rotatable bonds is 6. The second-order valence-electron chi connectivity index (χ2n) is 9.51. The molecule has 1 amide bonds. The molecule has 0 fully saturated rings. The predicted molar refractivity (Wildman–Crippen MR) is 124 cm³/mol. The fourth-order valence-electron chi connectivity index (χ4n) is 4.21. The predicted octanol–water partition coefficient (Wildman–Crippen LogP) is 4.49. The van der Waals surface area contributed by atoms with Crippen LogP contribution >= 0.6 is 0 Å². The number of aromatic nitrogens is 1. The van der Waals surface area contributed by atoms with E-state index in [1.165, 1.54) is 12.1 Å². The van der Waals surface area contributed by atoms with Gasteiger partial charge >= 0.3 is 5.97 Å². The minimum Gasteiger partial charge on any atom is -0.458 e. The Balaban J connectivity index is 1.48. The summed E-state index contributed by atoms with van der Waals surface area (Å²) in [5.74, 6) is -1.15.